The molecular formula is C26H34N2O9Si. The number of carbonyl (C=O) groups is 3. The van der Waals surface area contributed by atoms with E-state index in [-0.39, 0.29) is 24.0 Å². The minimum absolute atomic E-state index is 0.0585. The molecule has 0 radical (unpaired) electrons. The zero-order valence-electron chi connectivity index (χ0n) is 22.7. The molecule has 11 nitrogen and oxygen atoms in total. The lowest BCUT2D eigenvalue weighted by molar-refractivity contribution is -0.282. The second-order valence-electron chi connectivity index (χ2n) is 10.7. The van der Waals surface area contributed by atoms with Gasteiger partial charge in [-0.05, 0) is 29.8 Å². The van der Waals surface area contributed by atoms with E-state index < -0.39 is 44.0 Å². The molecule has 12 heteroatoms. The smallest absolute Gasteiger partial charge is 0.438 e. The maximum Gasteiger partial charge on any atom is 0.509 e. The Balaban J connectivity index is 2.13. The van der Waals surface area contributed by atoms with E-state index in [1.165, 1.54) is 12.2 Å². The molecule has 0 saturated carbocycles. The summed E-state index contributed by atoms with van der Waals surface area (Å²) in [5.74, 6) is -0.367. The summed E-state index contributed by atoms with van der Waals surface area (Å²) in [5.41, 5.74) is -2.59. The molecule has 1 aliphatic heterocycles. The van der Waals surface area contributed by atoms with E-state index in [9.17, 15) is 19.6 Å². The van der Waals surface area contributed by atoms with E-state index in [0.29, 0.717) is 0 Å². The van der Waals surface area contributed by atoms with Crippen molar-refractivity contribution in [1.29, 1.82) is 5.26 Å². The number of hydrogen-bond donors (Lipinski definition) is 0. The number of nitrogens with zero attached hydrogens (tertiary/aromatic N) is 2. The monoisotopic (exact) mass is 546 g/mol. The van der Waals surface area contributed by atoms with Gasteiger partial charge in [-0.25, -0.2) is 14.7 Å². The Morgan fingerprint density at radius 2 is 1.71 bits per heavy atom. The lowest BCUT2D eigenvalue weighted by Crippen LogP contribution is -2.76. The van der Waals surface area contributed by atoms with E-state index >= 15 is 0 Å². The standard InChI is InChI=1S/C26H34N2O9Si/c1-24(2,3)38(6,7)37-21-20(35-22(30)32-4)25(13-14-26(21,17-27)36-23(31)33-5)15-19(29)28(25)34-16-18-11-9-8-10-12-18/h8-14,20-21H,15-16H2,1-7H3/t20-,21+,25+,26+/m1/s1. The van der Waals surface area contributed by atoms with Crippen LogP contribution >= 0.6 is 0 Å². The first-order chi connectivity index (χ1) is 17.7. The highest BCUT2D eigenvalue weighted by Crippen LogP contribution is 2.49. The van der Waals surface area contributed by atoms with Gasteiger partial charge in [-0.2, -0.15) is 5.26 Å². The second-order valence-corrected chi connectivity index (χ2v) is 15.5. The molecule has 3 rings (SSSR count). The van der Waals surface area contributed by atoms with Gasteiger partial charge in [0.1, 0.15) is 24.3 Å². The van der Waals surface area contributed by atoms with Crippen LogP contribution in [-0.4, -0.2) is 69.2 Å². The van der Waals surface area contributed by atoms with E-state index in [4.69, 9.17) is 23.5 Å². The maximum atomic E-state index is 12.8. The second kappa shape index (κ2) is 10.8. The van der Waals surface area contributed by atoms with Crippen LogP contribution < -0.4 is 0 Å². The van der Waals surface area contributed by atoms with Crippen molar-refractivity contribution in [2.75, 3.05) is 14.2 Å². The van der Waals surface area contributed by atoms with Gasteiger partial charge in [-0.3, -0.25) is 9.63 Å². The van der Waals surface area contributed by atoms with Gasteiger partial charge in [-0.15, -0.1) is 0 Å². The number of ether oxygens (including phenoxy) is 4. The number of β-lactam (4-membered cyclic amide) rings is 1. The fourth-order valence-corrected chi connectivity index (χ4v) is 5.36. The van der Waals surface area contributed by atoms with Crippen molar-refractivity contribution < 1.29 is 42.6 Å². The molecule has 0 N–H and O–H groups in total. The Kier molecular flexibility index (Phi) is 8.26. The van der Waals surface area contributed by atoms with Crippen molar-refractivity contribution in [3.8, 4) is 6.07 Å². The molecule has 1 aromatic rings. The average molecular weight is 547 g/mol. The van der Waals surface area contributed by atoms with Crippen LogP contribution in [0.1, 0.15) is 32.8 Å². The molecule has 1 fully saturated rings. The molecule has 206 valence electrons. The van der Waals surface area contributed by atoms with Crippen LogP contribution in [0.4, 0.5) is 9.59 Å². The van der Waals surface area contributed by atoms with Crippen molar-refractivity contribution in [2.24, 2.45) is 0 Å². The van der Waals surface area contributed by atoms with E-state index in [1.54, 1.807) is 0 Å². The quantitative estimate of drug-likeness (QED) is 0.211. The Labute approximate surface area is 223 Å². The first-order valence-corrected chi connectivity index (χ1v) is 15.0. The summed E-state index contributed by atoms with van der Waals surface area (Å²) in [6.45, 7) is 9.89. The number of hydroxylamine groups is 2. The summed E-state index contributed by atoms with van der Waals surface area (Å²) < 4.78 is 27.2. The Hall–Kier alpha value is -3.40. The molecule has 1 saturated heterocycles. The Morgan fingerprint density at radius 1 is 1.08 bits per heavy atom. The molecule has 1 amide bonds. The van der Waals surface area contributed by atoms with Gasteiger partial charge in [0.2, 0.25) is 11.5 Å². The van der Waals surface area contributed by atoms with Crippen LogP contribution in [0.15, 0.2) is 42.5 Å². The molecule has 4 atom stereocenters. The number of nitriles is 1. The van der Waals surface area contributed by atoms with Crippen molar-refractivity contribution in [1.82, 2.24) is 5.06 Å². The molecule has 2 aliphatic rings. The van der Waals surface area contributed by atoms with Gasteiger partial charge in [0, 0.05) is 0 Å². The zero-order valence-corrected chi connectivity index (χ0v) is 23.7. The van der Waals surface area contributed by atoms with Crippen LogP contribution in [0, 0.1) is 11.3 Å². The van der Waals surface area contributed by atoms with Crippen molar-refractivity contribution >= 4 is 26.5 Å². The maximum absolute atomic E-state index is 12.8. The number of carbonyl (C=O) groups excluding carboxylic acids is 3. The third-order valence-electron chi connectivity index (χ3n) is 7.26. The van der Waals surface area contributed by atoms with Gasteiger partial charge in [-0.1, -0.05) is 57.2 Å². The van der Waals surface area contributed by atoms with Crippen LogP contribution in [0.2, 0.25) is 18.1 Å². The highest BCUT2D eigenvalue weighted by Gasteiger charge is 2.68. The van der Waals surface area contributed by atoms with Crippen LogP contribution in [0.3, 0.4) is 0 Å². The third kappa shape index (κ3) is 5.40. The molecule has 1 spiro atoms. The molecule has 0 aromatic heterocycles. The van der Waals surface area contributed by atoms with Crippen molar-refractivity contribution in [3.63, 3.8) is 0 Å². The molecule has 0 unspecified atom stereocenters. The van der Waals surface area contributed by atoms with Crippen LogP contribution in [-0.2, 0) is 39.6 Å². The summed E-state index contributed by atoms with van der Waals surface area (Å²) in [6, 6.07) is 11.2. The lowest BCUT2D eigenvalue weighted by Gasteiger charge is -2.57. The normalized spacial score (nSPS) is 26.8. The fraction of sp³-hybridized carbons (Fsp3) is 0.538. The Morgan fingerprint density at radius 3 is 2.24 bits per heavy atom. The van der Waals surface area contributed by atoms with E-state index in [0.717, 1.165) is 24.8 Å². The fourth-order valence-electron chi connectivity index (χ4n) is 4.07. The summed E-state index contributed by atoms with van der Waals surface area (Å²) in [7, 11) is -0.474. The topological polar surface area (TPSA) is 134 Å². The summed E-state index contributed by atoms with van der Waals surface area (Å²) >= 11 is 0. The molecule has 1 aliphatic carbocycles. The van der Waals surface area contributed by atoms with Gasteiger partial charge in [0.15, 0.2) is 14.4 Å². The van der Waals surface area contributed by atoms with Crippen molar-refractivity contribution in [3.05, 3.63) is 48.0 Å². The summed E-state index contributed by atoms with van der Waals surface area (Å²) in [5, 5.41) is 11.1. The van der Waals surface area contributed by atoms with Gasteiger partial charge >= 0.3 is 12.3 Å². The summed E-state index contributed by atoms with van der Waals surface area (Å²) in [4.78, 5) is 43.5. The van der Waals surface area contributed by atoms with Crippen LogP contribution in [0.5, 0.6) is 0 Å². The SMILES string of the molecule is COC(=O)O[C@@H]1[C@H](O[Si](C)(C)C(C)(C)C)[C@](C#N)(OC(=O)OC)C=C[C@]12CC(=O)N2OCc1ccccc1. The predicted molar refractivity (Wildman–Crippen MR) is 136 cm³/mol. The number of methoxy groups -OCH3 is 2. The largest absolute Gasteiger partial charge is 0.509 e. The van der Waals surface area contributed by atoms with Gasteiger partial charge in [0.05, 0.1) is 20.6 Å². The minimum Gasteiger partial charge on any atom is -0.438 e. The Bertz CT molecular complexity index is 1130. The predicted octanol–water partition coefficient (Wildman–Crippen LogP) is 4.25. The first-order valence-electron chi connectivity index (χ1n) is 12.1. The number of benzene rings is 1. The van der Waals surface area contributed by atoms with E-state index in [1.807, 2.05) is 70.3 Å². The highest BCUT2D eigenvalue weighted by atomic mass is 28.4. The first kappa shape index (κ1) is 29.2. The zero-order chi connectivity index (χ0) is 28.4. The van der Waals surface area contributed by atoms with E-state index in [2.05, 4.69) is 4.74 Å². The molecule has 1 aromatic carbocycles. The van der Waals surface area contributed by atoms with Gasteiger partial charge < -0.3 is 23.4 Å². The number of rotatable bonds is 7. The molecule has 38 heavy (non-hydrogen) atoms. The van der Waals surface area contributed by atoms with Crippen molar-refractivity contribution in [2.45, 2.75) is 75.3 Å². The lowest BCUT2D eigenvalue weighted by atomic mass is 9.70. The third-order valence-corrected chi connectivity index (χ3v) is 11.7. The summed E-state index contributed by atoms with van der Waals surface area (Å²) in [6.07, 6.45) is -2.19. The molecule has 0 bridgehead atoms. The average Bonchev–Trinajstić information content (AvgIpc) is 2.86. The number of amides is 1. The molecule has 1 heterocycles. The van der Waals surface area contributed by atoms with Crippen LogP contribution in [0.25, 0.3) is 0 Å². The number of hydrogen-bond acceptors (Lipinski definition) is 10. The minimum atomic E-state index is -2.72. The molecular weight excluding hydrogens is 512 g/mol. The van der Waals surface area contributed by atoms with Gasteiger partial charge in [0.25, 0.3) is 0 Å². The highest BCUT2D eigenvalue weighted by molar-refractivity contribution is 6.74.